The molecule has 1 unspecified atom stereocenters. The molecule has 1 N–H and O–H groups in total. The Labute approximate surface area is 115 Å². The summed E-state index contributed by atoms with van der Waals surface area (Å²) in [5.41, 5.74) is -0.0890. The minimum absolute atomic E-state index is 0.0572. The molecule has 0 saturated heterocycles. The van der Waals surface area contributed by atoms with Gasteiger partial charge in [0.05, 0.1) is 5.52 Å². The van der Waals surface area contributed by atoms with Crippen molar-refractivity contribution in [2.75, 3.05) is 7.05 Å². The van der Waals surface area contributed by atoms with Crippen molar-refractivity contribution in [2.45, 2.75) is 18.1 Å². The zero-order valence-electron chi connectivity index (χ0n) is 11.0. The average molecular weight is 310 g/mol. The predicted molar refractivity (Wildman–Crippen MR) is 64.3 cm³/mol. The van der Waals surface area contributed by atoms with E-state index in [9.17, 15) is 26.7 Å². The van der Waals surface area contributed by atoms with E-state index in [1.54, 1.807) is 0 Å². The van der Waals surface area contributed by atoms with Gasteiger partial charge in [0, 0.05) is 7.05 Å². The van der Waals surface area contributed by atoms with E-state index in [2.05, 4.69) is 0 Å². The topological polar surface area (TPSA) is 47.2 Å². The number of nitrogens with one attached hydrogen (secondary N) is 1. The molecule has 0 radical (unpaired) electrons. The van der Waals surface area contributed by atoms with Crippen LogP contribution in [0.5, 0.6) is 0 Å². The fourth-order valence-corrected chi connectivity index (χ4v) is 2.05. The standard InChI is InChI=1S/C12H11F5N2O2/c1-18-9(11(13,14)12(15,16)17)6-3-4-7-8(5-6)21-10(20)19(7)2/h3-5,9,18H,1-2H3. The monoisotopic (exact) mass is 310 g/mol. The van der Waals surface area contributed by atoms with Crippen molar-refractivity contribution in [3.63, 3.8) is 0 Å². The van der Waals surface area contributed by atoms with Crippen LogP contribution in [0, 0.1) is 0 Å². The molecule has 116 valence electrons. The zero-order valence-corrected chi connectivity index (χ0v) is 11.0. The molecule has 4 nitrogen and oxygen atoms in total. The van der Waals surface area contributed by atoms with Crippen LogP contribution >= 0.6 is 0 Å². The van der Waals surface area contributed by atoms with E-state index in [0.29, 0.717) is 5.52 Å². The Balaban J connectivity index is 2.56. The number of benzene rings is 1. The summed E-state index contributed by atoms with van der Waals surface area (Å²) < 4.78 is 70.3. The summed E-state index contributed by atoms with van der Waals surface area (Å²) in [6, 6.07) is 1.06. The van der Waals surface area contributed by atoms with Crippen molar-refractivity contribution in [2.24, 2.45) is 7.05 Å². The number of nitrogens with zero attached hydrogens (tertiary/aromatic N) is 1. The summed E-state index contributed by atoms with van der Waals surface area (Å²) in [5.74, 6) is -5.70. The second-order valence-electron chi connectivity index (χ2n) is 4.50. The second kappa shape index (κ2) is 4.83. The van der Waals surface area contributed by atoms with E-state index < -0.39 is 23.9 Å². The van der Waals surface area contributed by atoms with E-state index in [-0.39, 0.29) is 11.1 Å². The Morgan fingerprint density at radius 3 is 2.38 bits per heavy atom. The molecule has 1 aromatic carbocycles. The SMILES string of the molecule is CNC(c1ccc2c(c1)oc(=O)n2C)C(F)(F)C(F)(F)F. The van der Waals surface area contributed by atoms with Crippen molar-refractivity contribution in [3.8, 4) is 0 Å². The number of alkyl halides is 5. The quantitative estimate of drug-likeness (QED) is 0.887. The van der Waals surface area contributed by atoms with Gasteiger partial charge in [-0.1, -0.05) is 6.07 Å². The molecule has 0 saturated carbocycles. The molecular formula is C12H11F5N2O2. The number of hydrogen-bond acceptors (Lipinski definition) is 3. The van der Waals surface area contributed by atoms with Crippen LogP contribution in [0.3, 0.4) is 0 Å². The van der Waals surface area contributed by atoms with Gasteiger partial charge >= 0.3 is 17.9 Å². The van der Waals surface area contributed by atoms with Crippen LogP contribution in [0.1, 0.15) is 11.6 Å². The lowest BCUT2D eigenvalue weighted by atomic mass is 10.00. The number of rotatable bonds is 3. The van der Waals surface area contributed by atoms with Gasteiger partial charge in [-0.15, -0.1) is 0 Å². The van der Waals surface area contributed by atoms with Crippen LogP contribution in [-0.4, -0.2) is 23.7 Å². The summed E-state index contributed by atoms with van der Waals surface area (Å²) >= 11 is 0. The zero-order chi connectivity index (χ0) is 16.0. The number of fused-ring (bicyclic) bond motifs is 1. The molecule has 0 fully saturated rings. The highest BCUT2D eigenvalue weighted by Gasteiger charge is 2.62. The molecule has 21 heavy (non-hydrogen) atoms. The van der Waals surface area contributed by atoms with Crippen LogP contribution in [0.2, 0.25) is 0 Å². The molecule has 9 heteroatoms. The largest absolute Gasteiger partial charge is 0.455 e. The first-order valence-corrected chi connectivity index (χ1v) is 5.81. The molecule has 0 aliphatic rings. The minimum atomic E-state index is -5.70. The second-order valence-corrected chi connectivity index (χ2v) is 4.50. The number of aryl methyl sites for hydroxylation is 1. The van der Waals surface area contributed by atoms with Gasteiger partial charge in [-0.2, -0.15) is 22.0 Å². The van der Waals surface area contributed by atoms with Gasteiger partial charge in [0.2, 0.25) is 0 Å². The Hall–Kier alpha value is -1.90. The average Bonchev–Trinajstić information content (AvgIpc) is 2.64. The molecule has 1 aromatic heterocycles. The molecule has 2 rings (SSSR count). The first-order chi connectivity index (χ1) is 9.59. The van der Waals surface area contributed by atoms with Gasteiger partial charge in [0.25, 0.3) is 0 Å². The third-order valence-electron chi connectivity index (χ3n) is 3.18. The summed E-state index contributed by atoms with van der Waals surface area (Å²) in [6.45, 7) is 0. The lowest BCUT2D eigenvalue weighted by molar-refractivity contribution is -0.293. The van der Waals surface area contributed by atoms with Crippen LogP contribution in [0.4, 0.5) is 22.0 Å². The van der Waals surface area contributed by atoms with Gasteiger partial charge in [-0.3, -0.25) is 4.57 Å². The number of aromatic nitrogens is 1. The molecule has 0 spiro atoms. The maximum atomic E-state index is 13.5. The normalized spacial score (nSPS) is 14.6. The molecular weight excluding hydrogens is 299 g/mol. The van der Waals surface area contributed by atoms with Crippen molar-refractivity contribution in [1.29, 1.82) is 0 Å². The summed E-state index contributed by atoms with van der Waals surface area (Å²) in [6.07, 6.45) is -5.70. The molecule has 0 aliphatic carbocycles. The van der Waals surface area contributed by atoms with Crippen molar-refractivity contribution in [1.82, 2.24) is 9.88 Å². The first-order valence-electron chi connectivity index (χ1n) is 5.81. The van der Waals surface area contributed by atoms with E-state index in [1.807, 2.05) is 5.32 Å². The first kappa shape index (κ1) is 15.5. The third-order valence-corrected chi connectivity index (χ3v) is 3.18. The van der Waals surface area contributed by atoms with Gasteiger partial charge in [-0.05, 0) is 24.7 Å². The Kier molecular flexibility index (Phi) is 3.56. The van der Waals surface area contributed by atoms with Crippen LogP contribution in [0.25, 0.3) is 11.1 Å². The Morgan fingerprint density at radius 1 is 1.24 bits per heavy atom. The molecule has 2 aromatic rings. The highest BCUT2D eigenvalue weighted by Crippen LogP contribution is 2.44. The third kappa shape index (κ3) is 2.41. The number of hydrogen-bond donors (Lipinski definition) is 1. The fraction of sp³-hybridized carbons (Fsp3) is 0.417. The van der Waals surface area contributed by atoms with Gasteiger partial charge in [-0.25, -0.2) is 4.79 Å². The molecule has 1 heterocycles. The van der Waals surface area contributed by atoms with Crippen molar-refractivity contribution >= 4 is 11.1 Å². The molecule has 0 bridgehead atoms. The molecule has 1 atom stereocenters. The van der Waals surface area contributed by atoms with Gasteiger partial charge < -0.3 is 9.73 Å². The lowest BCUT2D eigenvalue weighted by Gasteiger charge is -2.28. The Bertz CT molecular complexity index is 716. The van der Waals surface area contributed by atoms with E-state index >= 15 is 0 Å². The van der Waals surface area contributed by atoms with E-state index in [4.69, 9.17) is 4.42 Å². The van der Waals surface area contributed by atoms with Crippen molar-refractivity contribution < 1.29 is 26.4 Å². The van der Waals surface area contributed by atoms with Crippen LogP contribution in [-0.2, 0) is 7.05 Å². The minimum Gasteiger partial charge on any atom is -0.408 e. The molecule has 0 aliphatic heterocycles. The van der Waals surface area contributed by atoms with E-state index in [0.717, 1.165) is 23.7 Å². The summed E-state index contributed by atoms with van der Waals surface area (Å²) in [5, 5.41) is 1.95. The van der Waals surface area contributed by atoms with Crippen LogP contribution in [0.15, 0.2) is 27.4 Å². The van der Waals surface area contributed by atoms with Gasteiger partial charge in [0.1, 0.15) is 6.04 Å². The van der Waals surface area contributed by atoms with Gasteiger partial charge in [0.15, 0.2) is 5.58 Å². The lowest BCUT2D eigenvalue weighted by Crippen LogP contribution is -2.47. The summed E-state index contributed by atoms with van der Waals surface area (Å²) in [4.78, 5) is 11.3. The maximum absolute atomic E-state index is 13.5. The highest BCUT2D eigenvalue weighted by atomic mass is 19.4. The summed E-state index contributed by atoms with van der Waals surface area (Å²) in [7, 11) is 2.39. The number of oxazole rings is 1. The van der Waals surface area contributed by atoms with Crippen LogP contribution < -0.4 is 11.1 Å². The van der Waals surface area contributed by atoms with Crippen molar-refractivity contribution in [3.05, 3.63) is 34.3 Å². The highest BCUT2D eigenvalue weighted by molar-refractivity contribution is 5.73. The fourth-order valence-electron chi connectivity index (χ4n) is 2.05. The predicted octanol–water partition coefficient (Wildman–Crippen LogP) is 2.59. The Morgan fingerprint density at radius 2 is 1.86 bits per heavy atom. The smallest absolute Gasteiger partial charge is 0.408 e. The molecule has 0 amide bonds. The number of halogens is 5. The van der Waals surface area contributed by atoms with E-state index in [1.165, 1.54) is 13.1 Å². The maximum Gasteiger partial charge on any atom is 0.455 e.